The number of amides is 1. The summed E-state index contributed by atoms with van der Waals surface area (Å²) >= 11 is 0. The molecule has 128 valence electrons. The average molecular weight is 321 g/mol. The molecule has 6 nitrogen and oxygen atoms in total. The van der Waals surface area contributed by atoms with Crippen molar-refractivity contribution in [3.8, 4) is 0 Å². The third-order valence-electron chi connectivity index (χ3n) is 4.58. The first-order valence-electron chi connectivity index (χ1n) is 8.67. The van der Waals surface area contributed by atoms with Gasteiger partial charge in [-0.2, -0.15) is 4.98 Å². The summed E-state index contributed by atoms with van der Waals surface area (Å²) in [4.78, 5) is 16.1. The molecule has 1 aromatic rings. The lowest BCUT2D eigenvalue weighted by atomic mass is 9.81. The Labute approximate surface area is 137 Å². The minimum atomic E-state index is 0.0645. The van der Waals surface area contributed by atoms with Crippen molar-refractivity contribution in [3.63, 3.8) is 0 Å². The topological polar surface area (TPSA) is 77.3 Å². The Balaban J connectivity index is 1.48. The molecule has 0 unspecified atom stereocenters. The largest absolute Gasteiger partial charge is 0.377 e. The monoisotopic (exact) mass is 321 g/mol. The van der Waals surface area contributed by atoms with Crippen LogP contribution >= 0.6 is 0 Å². The van der Waals surface area contributed by atoms with E-state index in [2.05, 4.69) is 36.2 Å². The van der Waals surface area contributed by atoms with Gasteiger partial charge < -0.3 is 14.6 Å². The molecule has 2 atom stereocenters. The molecule has 6 heteroatoms. The number of aromatic nitrogens is 2. The summed E-state index contributed by atoms with van der Waals surface area (Å²) in [7, 11) is 0. The van der Waals surface area contributed by atoms with Crippen LogP contribution in [0.15, 0.2) is 4.52 Å². The van der Waals surface area contributed by atoms with Crippen LogP contribution in [-0.2, 0) is 16.0 Å². The second-order valence-electron chi connectivity index (χ2n) is 7.77. The van der Waals surface area contributed by atoms with Crippen LogP contribution in [0.5, 0.6) is 0 Å². The summed E-state index contributed by atoms with van der Waals surface area (Å²) in [5, 5.41) is 7.12. The Morgan fingerprint density at radius 2 is 2.09 bits per heavy atom. The van der Waals surface area contributed by atoms with Crippen LogP contribution in [-0.4, -0.2) is 35.3 Å². The Kier molecular flexibility index (Phi) is 4.71. The lowest BCUT2D eigenvalue weighted by Crippen LogP contribution is -2.30. The molecule has 1 saturated heterocycles. The zero-order valence-corrected chi connectivity index (χ0v) is 14.3. The highest BCUT2D eigenvalue weighted by Crippen LogP contribution is 2.39. The zero-order valence-electron chi connectivity index (χ0n) is 14.3. The van der Waals surface area contributed by atoms with Crippen molar-refractivity contribution < 1.29 is 14.1 Å². The third kappa shape index (κ3) is 4.10. The van der Waals surface area contributed by atoms with Crippen molar-refractivity contribution >= 4 is 5.91 Å². The van der Waals surface area contributed by atoms with Gasteiger partial charge in [0, 0.05) is 25.5 Å². The SMILES string of the molecule is CC(C)(C)[C@H]1OCC[C@@H]1c1noc(CCCNC(=O)C2CC2)n1. The number of aryl methyl sites for hydroxylation is 1. The van der Waals surface area contributed by atoms with E-state index < -0.39 is 0 Å². The van der Waals surface area contributed by atoms with Crippen LogP contribution in [0.25, 0.3) is 0 Å². The first-order chi connectivity index (χ1) is 10.9. The van der Waals surface area contributed by atoms with Gasteiger partial charge in [-0.25, -0.2) is 0 Å². The molecule has 2 heterocycles. The van der Waals surface area contributed by atoms with E-state index in [0.29, 0.717) is 18.9 Å². The van der Waals surface area contributed by atoms with Crippen molar-refractivity contribution in [2.45, 2.75) is 64.9 Å². The van der Waals surface area contributed by atoms with Crippen LogP contribution in [0.1, 0.15) is 64.1 Å². The first-order valence-corrected chi connectivity index (χ1v) is 8.67. The van der Waals surface area contributed by atoms with Crippen LogP contribution in [0, 0.1) is 11.3 Å². The zero-order chi connectivity index (χ0) is 16.4. The predicted molar refractivity (Wildman–Crippen MR) is 84.9 cm³/mol. The van der Waals surface area contributed by atoms with Gasteiger partial charge in [-0.3, -0.25) is 4.79 Å². The smallest absolute Gasteiger partial charge is 0.226 e. The molecule has 1 aliphatic carbocycles. The molecule has 0 bridgehead atoms. The van der Waals surface area contributed by atoms with Crippen molar-refractivity contribution in [1.82, 2.24) is 15.5 Å². The quantitative estimate of drug-likeness (QED) is 0.814. The summed E-state index contributed by atoms with van der Waals surface area (Å²) in [6.07, 6.45) is 4.67. The summed E-state index contributed by atoms with van der Waals surface area (Å²) in [6, 6.07) is 0. The Morgan fingerprint density at radius 3 is 2.78 bits per heavy atom. The lowest BCUT2D eigenvalue weighted by Gasteiger charge is -2.29. The number of carbonyl (C=O) groups is 1. The molecule has 2 fully saturated rings. The molecule has 1 amide bonds. The maximum atomic E-state index is 11.5. The van der Waals surface area contributed by atoms with Crippen molar-refractivity contribution in [2.24, 2.45) is 11.3 Å². The van der Waals surface area contributed by atoms with E-state index >= 15 is 0 Å². The number of nitrogens with zero attached hydrogens (tertiary/aromatic N) is 2. The van der Waals surface area contributed by atoms with Crippen molar-refractivity contribution in [1.29, 1.82) is 0 Å². The number of carbonyl (C=O) groups excluding carboxylic acids is 1. The van der Waals surface area contributed by atoms with Gasteiger partial charge in [0.2, 0.25) is 11.8 Å². The van der Waals surface area contributed by atoms with Gasteiger partial charge in [-0.05, 0) is 31.1 Å². The van der Waals surface area contributed by atoms with Gasteiger partial charge in [0.15, 0.2) is 5.82 Å². The van der Waals surface area contributed by atoms with Crippen molar-refractivity contribution in [3.05, 3.63) is 11.7 Å². The fourth-order valence-corrected chi connectivity index (χ4v) is 3.17. The Hall–Kier alpha value is -1.43. The summed E-state index contributed by atoms with van der Waals surface area (Å²) in [5.41, 5.74) is 0.0645. The van der Waals surface area contributed by atoms with Crippen LogP contribution in [0.3, 0.4) is 0 Å². The summed E-state index contributed by atoms with van der Waals surface area (Å²) in [6.45, 7) is 7.96. The maximum absolute atomic E-state index is 11.5. The Morgan fingerprint density at radius 1 is 1.30 bits per heavy atom. The number of rotatable bonds is 6. The molecular weight excluding hydrogens is 294 g/mol. The van der Waals surface area contributed by atoms with Crippen molar-refractivity contribution in [2.75, 3.05) is 13.2 Å². The second kappa shape index (κ2) is 6.59. The first kappa shape index (κ1) is 16.4. The molecule has 0 aromatic carbocycles. The van der Waals surface area contributed by atoms with E-state index in [4.69, 9.17) is 9.26 Å². The average Bonchev–Trinajstić information content (AvgIpc) is 3.03. The number of hydrogen-bond donors (Lipinski definition) is 1. The molecule has 1 N–H and O–H groups in total. The van der Waals surface area contributed by atoms with Gasteiger partial charge in [0.1, 0.15) is 0 Å². The standard InChI is InChI=1S/C17H27N3O3/c1-17(2,3)14-12(8-10-22-14)15-19-13(23-20-15)5-4-9-18-16(21)11-6-7-11/h11-12,14H,4-10H2,1-3H3,(H,18,21)/t12-,14-/m0/s1. The molecule has 1 aliphatic heterocycles. The molecule has 23 heavy (non-hydrogen) atoms. The molecule has 3 rings (SSSR count). The van der Waals surface area contributed by atoms with Gasteiger partial charge >= 0.3 is 0 Å². The van der Waals surface area contributed by atoms with Crippen LogP contribution in [0.4, 0.5) is 0 Å². The fraction of sp³-hybridized carbons (Fsp3) is 0.824. The lowest BCUT2D eigenvalue weighted by molar-refractivity contribution is -0.122. The molecule has 0 radical (unpaired) electrons. The van der Waals surface area contributed by atoms with Crippen LogP contribution in [0.2, 0.25) is 0 Å². The molecule has 1 aromatic heterocycles. The number of nitrogens with one attached hydrogen (secondary N) is 1. The molecular formula is C17H27N3O3. The van der Waals surface area contributed by atoms with Gasteiger partial charge in [-0.1, -0.05) is 25.9 Å². The predicted octanol–water partition coefficient (Wildman–Crippen LogP) is 2.45. The highest BCUT2D eigenvalue weighted by atomic mass is 16.5. The highest BCUT2D eigenvalue weighted by Gasteiger charge is 2.40. The van der Waals surface area contributed by atoms with Gasteiger partial charge in [-0.15, -0.1) is 0 Å². The van der Waals surface area contributed by atoms with Crippen LogP contribution < -0.4 is 5.32 Å². The molecule has 2 aliphatic rings. The maximum Gasteiger partial charge on any atom is 0.226 e. The van der Waals surface area contributed by atoms with E-state index in [-0.39, 0.29) is 29.3 Å². The summed E-state index contributed by atoms with van der Waals surface area (Å²) in [5.74, 6) is 2.08. The minimum Gasteiger partial charge on any atom is -0.377 e. The minimum absolute atomic E-state index is 0.0645. The second-order valence-corrected chi connectivity index (χ2v) is 7.77. The van der Waals surface area contributed by atoms with E-state index in [1.165, 1.54) is 0 Å². The van der Waals surface area contributed by atoms with E-state index in [0.717, 1.165) is 38.1 Å². The molecule has 1 saturated carbocycles. The van der Waals surface area contributed by atoms with E-state index in [1.807, 2.05) is 0 Å². The van der Waals surface area contributed by atoms with Gasteiger partial charge in [0.25, 0.3) is 0 Å². The molecule has 0 spiro atoms. The Bertz CT molecular complexity index is 546. The van der Waals surface area contributed by atoms with E-state index in [9.17, 15) is 4.79 Å². The fourth-order valence-electron chi connectivity index (χ4n) is 3.17. The van der Waals surface area contributed by atoms with E-state index in [1.54, 1.807) is 0 Å². The highest BCUT2D eigenvalue weighted by molar-refractivity contribution is 5.80. The number of ether oxygens (including phenoxy) is 1. The third-order valence-corrected chi connectivity index (χ3v) is 4.58. The van der Waals surface area contributed by atoms with Gasteiger partial charge in [0.05, 0.1) is 12.0 Å². The summed E-state index contributed by atoms with van der Waals surface area (Å²) < 4.78 is 11.3. The normalized spacial score (nSPS) is 24.8. The number of hydrogen-bond acceptors (Lipinski definition) is 5.